The van der Waals surface area contributed by atoms with E-state index in [1.54, 1.807) is 24.3 Å². The predicted octanol–water partition coefficient (Wildman–Crippen LogP) is 0.967. The van der Waals surface area contributed by atoms with Crippen LogP contribution in [0.5, 0.6) is 0 Å². The fraction of sp³-hybridized carbons (Fsp3) is 0.100. The van der Waals surface area contributed by atoms with Crippen LogP contribution in [0.25, 0.3) is 11.4 Å². The number of aliphatic carboxylic acids is 1. The van der Waals surface area contributed by atoms with Crippen LogP contribution in [0.2, 0.25) is 5.02 Å². The lowest BCUT2D eigenvalue weighted by molar-refractivity contribution is -0.301. The summed E-state index contributed by atoms with van der Waals surface area (Å²) in [5.41, 5.74) is 0.835. The van der Waals surface area contributed by atoms with Crippen LogP contribution in [0, 0.1) is 0 Å². The molecule has 0 amide bonds. The molecule has 0 bridgehead atoms. The smallest absolute Gasteiger partial charge is 0.209 e. The number of carboxylic acid groups (broad SMARTS) is 1. The summed E-state index contributed by atoms with van der Waals surface area (Å²) in [6.07, 6.45) is 0. The molecule has 1 aromatic heterocycles. The van der Waals surface area contributed by atoms with E-state index in [4.69, 9.17) is 11.6 Å². The normalized spacial score (nSPS) is 10.4. The topological polar surface area (TPSA) is 81.7 Å². The molecule has 2 aromatic rings. The van der Waals surface area contributed by atoms with Gasteiger partial charge in [0.1, 0.15) is 0 Å². The number of nitrogens with zero attached hydrogens (tertiary/aromatic N) is 2. The maximum Gasteiger partial charge on any atom is 0.209 e. The number of hydrogen-bond donors (Lipinski definition) is 1. The number of thioether (sulfide) groups is 1. The van der Waals surface area contributed by atoms with Gasteiger partial charge < -0.3 is 9.90 Å². The number of halogens is 1. The van der Waals surface area contributed by atoms with E-state index in [0.717, 1.165) is 17.3 Å². The summed E-state index contributed by atoms with van der Waals surface area (Å²) < 4.78 is 0. The predicted molar refractivity (Wildman–Crippen MR) is 62.6 cm³/mol. The van der Waals surface area contributed by atoms with Gasteiger partial charge in [0.2, 0.25) is 5.16 Å². The Morgan fingerprint density at radius 1 is 1.41 bits per heavy atom. The molecule has 2 rings (SSSR count). The van der Waals surface area contributed by atoms with Crippen LogP contribution in [0.3, 0.4) is 0 Å². The van der Waals surface area contributed by atoms with Crippen LogP contribution in [-0.2, 0) is 4.79 Å². The standard InChI is InChI=1S/C10H8ClN3O2S/c11-7-3-1-6(2-4-7)9-12-10(14-13-9)17-5-8(15)16/h1-4H,5H2,(H,15,16)(H,12,13,14)/p-1. The van der Waals surface area contributed by atoms with Crippen LogP contribution < -0.4 is 5.11 Å². The Morgan fingerprint density at radius 3 is 2.76 bits per heavy atom. The molecule has 17 heavy (non-hydrogen) atoms. The molecule has 1 heterocycles. The van der Waals surface area contributed by atoms with Crippen molar-refractivity contribution in [3.05, 3.63) is 29.3 Å². The number of H-pyrrole nitrogens is 1. The maximum absolute atomic E-state index is 10.3. The van der Waals surface area contributed by atoms with Gasteiger partial charge in [-0.1, -0.05) is 23.4 Å². The van der Waals surface area contributed by atoms with E-state index >= 15 is 0 Å². The van der Waals surface area contributed by atoms with Crippen molar-refractivity contribution in [1.82, 2.24) is 15.2 Å². The molecule has 0 unspecified atom stereocenters. The largest absolute Gasteiger partial charge is 0.549 e. The number of carbonyl (C=O) groups is 1. The minimum atomic E-state index is -1.15. The Kier molecular flexibility index (Phi) is 3.65. The average molecular weight is 269 g/mol. The van der Waals surface area contributed by atoms with Crippen molar-refractivity contribution in [3.8, 4) is 11.4 Å². The molecule has 0 radical (unpaired) electrons. The monoisotopic (exact) mass is 268 g/mol. The molecule has 0 aliphatic rings. The quantitative estimate of drug-likeness (QED) is 0.836. The summed E-state index contributed by atoms with van der Waals surface area (Å²) in [6.45, 7) is 0. The lowest BCUT2D eigenvalue weighted by Gasteiger charge is -1.96. The first-order valence-corrected chi connectivity index (χ1v) is 6.02. The highest BCUT2D eigenvalue weighted by molar-refractivity contribution is 7.99. The minimum Gasteiger partial charge on any atom is -0.549 e. The Labute approximate surface area is 106 Å². The van der Waals surface area contributed by atoms with Gasteiger partial charge in [0.15, 0.2) is 5.82 Å². The van der Waals surface area contributed by atoms with Gasteiger partial charge in [0, 0.05) is 16.3 Å². The lowest BCUT2D eigenvalue weighted by Crippen LogP contribution is -2.24. The first-order valence-electron chi connectivity index (χ1n) is 4.66. The minimum absolute atomic E-state index is 0.169. The SMILES string of the molecule is O=C([O-])CSc1n[nH]c(-c2ccc(Cl)cc2)n1. The molecule has 1 aromatic carbocycles. The zero-order chi connectivity index (χ0) is 12.3. The van der Waals surface area contributed by atoms with Gasteiger partial charge in [-0.25, -0.2) is 4.98 Å². The van der Waals surface area contributed by atoms with E-state index in [9.17, 15) is 9.90 Å². The summed E-state index contributed by atoms with van der Waals surface area (Å²) in [4.78, 5) is 14.4. The molecule has 0 spiro atoms. The summed E-state index contributed by atoms with van der Waals surface area (Å²) in [7, 11) is 0. The molecular weight excluding hydrogens is 262 g/mol. The highest BCUT2D eigenvalue weighted by atomic mass is 35.5. The fourth-order valence-electron chi connectivity index (χ4n) is 1.17. The maximum atomic E-state index is 10.3. The number of benzene rings is 1. The van der Waals surface area contributed by atoms with Gasteiger partial charge in [-0.3, -0.25) is 5.10 Å². The van der Waals surface area contributed by atoms with E-state index in [-0.39, 0.29) is 5.75 Å². The van der Waals surface area contributed by atoms with E-state index in [2.05, 4.69) is 15.2 Å². The molecule has 0 saturated heterocycles. The summed E-state index contributed by atoms with van der Waals surface area (Å²) in [6, 6.07) is 7.09. The van der Waals surface area contributed by atoms with E-state index in [1.165, 1.54) is 0 Å². The number of rotatable bonds is 4. The molecule has 0 aliphatic heterocycles. The van der Waals surface area contributed by atoms with Gasteiger partial charge in [-0.15, -0.1) is 5.10 Å². The number of aromatic nitrogens is 3. The molecule has 5 nitrogen and oxygen atoms in total. The molecule has 0 saturated carbocycles. The second-order valence-corrected chi connectivity index (χ2v) is 4.51. The van der Waals surface area contributed by atoms with E-state index < -0.39 is 5.97 Å². The summed E-state index contributed by atoms with van der Waals surface area (Å²) in [5, 5.41) is 17.9. The average Bonchev–Trinajstić information content (AvgIpc) is 2.76. The molecule has 1 N–H and O–H groups in total. The van der Waals surface area contributed by atoms with Crippen molar-refractivity contribution in [1.29, 1.82) is 0 Å². The van der Waals surface area contributed by atoms with Crippen LogP contribution in [0.4, 0.5) is 0 Å². The van der Waals surface area contributed by atoms with Gasteiger partial charge in [-0.2, -0.15) is 0 Å². The zero-order valence-electron chi connectivity index (χ0n) is 8.51. The lowest BCUT2D eigenvalue weighted by atomic mass is 10.2. The number of hydrogen-bond acceptors (Lipinski definition) is 5. The Morgan fingerprint density at radius 2 is 2.12 bits per heavy atom. The van der Waals surface area contributed by atoms with Crippen molar-refractivity contribution >= 4 is 29.3 Å². The zero-order valence-corrected chi connectivity index (χ0v) is 10.1. The van der Waals surface area contributed by atoms with E-state index in [1.807, 2.05) is 0 Å². The summed E-state index contributed by atoms with van der Waals surface area (Å²) >= 11 is 6.77. The van der Waals surface area contributed by atoms with Crippen molar-refractivity contribution in [2.75, 3.05) is 5.75 Å². The number of carboxylic acids is 1. The first kappa shape index (κ1) is 11.9. The van der Waals surface area contributed by atoms with Gasteiger partial charge >= 0.3 is 0 Å². The number of aromatic amines is 1. The second-order valence-electron chi connectivity index (χ2n) is 3.13. The van der Waals surface area contributed by atoms with Crippen LogP contribution in [0.1, 0.15) is 0 Å². The van der Waals surface area contributed by atoms with Gasteiger partial charge in [0.05, 0.1) is 5.97 Å². The van der Waals surface area contributed by atoms with Crippen molar-refractivity contribution < 1.29 is 9.90 Å². The van der Waals surface area contributed by atoms with Crippen molar-refractivity contribution in [2.24, 2.45) is 0 Å². The molecular formula is C10H7ClN3O2S-. The molecule has 0 fully saturated rings. The third kappa shape index (κ3) is 3.21. The Bertz CT molecular complexity index is 527. The highest BCUT2D eigenvalue weighted by Crippen LogP contribution is 2.20. The second kappa shape index (κ2) is 5.20. The molecule has 7 heteroatoms. The van der Waals surface area contributed by atoms with Crippen LogP contribution in [0.15, 0.2) is 29.4 Å². The third-order valence-corrected chi connectivity index (χ3v) is 2.97. The summed E-state index contributed by atoms with van der Waals surface area (Å²) in [5.74, 6) is -0.742. The van der Waals surface area contributed by atoms with Gasteiger partial charge in [0.25, 0.3) is 0 Å². The third-order valence-electron chi connectivity index (χ3n) is 1.90. The Balaban J connectivity index is 2.12. The van der Waals surface area contributed by atoms with Crippen molar-refractivity contribution in [2.45, 2.75) is 5.16 Å². The van der Waals surface area contributed by atoms with Crippen LogP contribution in [-0.4, -0.2) is 26.9 Å². The number of carbonyl (C=O) groups excluding carboxylic acids is 1. The van der Waals surface area contributed by atoms with E-state index in [0.29, 0.717) is 16.0 Å². The molecule has 88 valence electrons. The molecule has 0 aliphatic carbocycles. The molecule has 0 atom stereocenters. The Hall–Kier alpha value is -1.53. The fourth-order valence-corrected chi connectivity index (χ4v) is 1.81. The van der Waals surface area contributed by atoms with Crippen molar-refractivity contribution in [3.63, 3.8) is 0 Å². The van der Waals surface area contributed by atoms with Crippen LogP contribution >= 0.6 is 23.4 Å². The highest BCUT2D eigenvalue weighted by Gasteiger charge is 2.05. The van der Waals surface area contributed by atoms with Gasteiger partial charge in [-0.05, 0) is 24.3 Å². The first-order chi connectivity index (χ1) is 8.15. The number of nitrogens with one attached hydrogen (secondary N) is 1.